The maximum absolute atomic E-state index is 12.7. The predicted octanol–water partition coefficient (Wildman–Crippen LogP) is 4.12. The maximum Gasteiger partial charge on any atom is 0.216 e. The van der Waals surface area contributed by atoms with Crippen molar-refractivity contribution >= 4 is 11.5 Å². The minimum atomic E-state index is 0.102. The average Bonchev–Trinajstić information content (AvgIpc) is 3.07. The summed E-state index contributed by atoms with van der Waals surface area (Å²) >= 11 is 0. The van der Waals surface area contributed by atoms with Crippen molar-refractivity contribution in [1.82, 2.24) is 14.7 Å². The quantitative estimate of drug-likeness (QED) is 0.449. The highest BCUT2D eigenvalue weighted by atomic mass is 16.5. The van der Waals surface area contributed by atoms with Gasteiger partial charge in [0.05, 0.1) is 18.4 Å². The fourth-order valence-electron chi connectivity index (χ4n) is 4.68. The number of ether oxygens (including phenoxy) is 1. The van der Waals surface area contributed by atoms with Crippen molar-refractivity contribution in [1.29, 1.82) is 0 Å². The Morgan fingerprint density at radius 1 is 1.12 bits per heavy atom. The van der Waals surface area contributed by atoms with Crippen molar-refractivity contribution in [3.8, 4) is 5.88 Å². The summed E-state index contributed by atoms with van der Waals surface area (Å²) < 4.78 is 7.35. The molecular weight excluding hydrogens is 400 g/mol. The normalized spacial score (nSPS) is 15.1. The molecule has 0 atom stereocenters. The molecule has 1 aliphatic heterocycles. The monoisotopic (exact) mass is 432 g/mol. The second-order valence-corrected chi connectivity index (χ2v) is 8.67. The summed E-state index contributed by atoms with van der Waals surface area (Å²) in [5, 5.41) is 4.49. The van der Waals surface area contributed by atoms with Gasteiger partial charge in [-0.15, -0.1) is 0 Å². The highest BCUT2D eigenvalue weighted by molar-refractivity contribution is 5.98. The number of nitrogen functional groups attached to an aromatic ring is 1. The van der Waals surface area contributed by atoms with Crippen LogP contribution in [0.1, 0.15) is 51.5 Å². The molecule has 1 aromatic heterocycles. The standard InChI is InChI=1S/C26H32N4O2/c1-18-23(26(32-3)29(2)28-18)17-30-14-12-20(13-15-30)19-8-10-21(11-9-19)25(31)16-22-6-4-5-7-24(22)27/h4-11,20H,12-17,27H2,1-3H3. The zero-order chi connectivity index (χ0) is 22.7. The number of aromatic nitrogens is 2. The van der Waals surface area contributed by atoms with E-state index in [-0.39, 0.29) is 5.78 Å². The molecule has 0 aliphatic carbocycles. The molecule has 6 heteroatoms. The molecule has 2 N–H and O–H groups in total. The highest BCUT2D eigenvalue weighted by Gasteiger charge is 2.24. The molecule has 1 aliphatic rings. The van der Waals surface area contributed by atoms with E-state index in [9.17, 15) is 4.79 Å². The molecule has 0 amide bonds. The SMILES string of the molecule is COc1c(CN2CCC(c3ccc(C(=O)Cc4ccccc4N)cc3)CC2)c(C)nn1C. The van der Waals surface area contributed by atoms with Crippen LogP contribution in [0, 0.1) is 6.92 Å². The van der Waals surface area contributed by atoms with Crippen LogP contribution in [-0.4, -0.2) is 40.7 Å². The molecule has 168 valence electrons. The Balaban J connectivity index is 1.34. The molecule has 0 saturated carbocycles. The first-order valence-corrected chi connectivity index (χ1v) is 11.2. The Bertz CT molecular complexity index is 1080. The van der Waals surface area contributed by atoms with Gasteiger partial charge in [-0.1, -0.05) is 42.5 Å². The van der Waals surface area contributed by atoms with Crippen molar-refractivity contribution in [3.63, 3.8) is 0 Å². The lowest BCUT2D eigenvalue weighted by atomic mass is 9.88. The molecule has 3 aromatic rings. The number of hydrogen-bond donors (Lipinski definition) is 1. The van der Waals surface area contributed by atoms with E-state index in [4.69, 9.17) is 10.5 Å². The molecule has 0 bridgehead atoms. The highest BCUT2D eigenvalue weighted by Crippen LogP contribution is 2.31. The van der Waals surface area contributed by atoms with E-state index in [1.54, 1.807) is 7.11 Å². The van der Waals surface area contributed by atoms with E-state index >= 15 is 0 Å². The van der Waals surface area contributed by atoms with E-state index in [1.165, 1.54) is 11.1 Å². The first kappa shape index (κ1) is 22.1. The van der Waals surface area contributed by atoms with E-state index in [2.05, 4.69) is 22.1 Å². The molecule has 2 aromatic carbocycles. The van der Waals surface area contributed by atoms with Crippen LogP contribution in [0.3, 0.4) is 0 Å². The number of rotatable bonds is 7. The summed E-state index contributed by atoms with van der Waals surface area (Å²) in [6.45, 7) is 4.98. The number of hydrogen-bond acceptors (Lipinski definition) is 5. The Morgan fingerprint density at radius 2 is 1.81 bits per heavy atom. The van der Waals surface area contributed by atoms with Crippen LogP contribution in [0.2, 0.25) is 0 Å². The van der Waals surface area contributed by atoms with E-state index < -0.39 is 0 Å². The van der Waals surface area contributed by atoms with Gasteiger partial charge >= 0.3 is 0 Å². The first-order valence-electron chi connectivity index (χ1n) is 11.2. The molecule has 1 fully saturated rings. The summed E-state index contributed by atoms with van der Waals surface area (Å²) in [5.74, 6) is 1.48. The summed E-state index contributed by atoms with van der Waals surface area (Å²) in [7, 11) is 3.63. The number of anilines is 1. The van der Waals surface area contributed by atoms with Gasteiger partial charge in [0.15, 0.2) is 5.78 Å². The van der Waals surface area contributed by atoms with Gasteiger partial charge in [-0.3, -0.25) is 9.69 Å². The summed E-state index contributed by atoms with van der Waals surface area (Å²) in [6, 6.07) is 15.7. The third-order valence-corrected chi connectivity index (χ3v) is 6.56. The lowest BCUT2D eigenvalue weighted by Gasteiger charge is -2.32. The number of methoxy groups -OCH3 is 1. The van der Waals surface area contributed by atoms with Crippen molar-refractivity contribution in [3.05, 3.63) is 76.5 Å². The number of aryl methyl sites for hydroxylation is 2. The fraction of sp³-hybridized carbons (Fsp3) is 0.385. The van der Waals surface area contributed by atoms with Crippen LogP contribution in [0.4, 0.5) is 5.69 Å². The van der Waals surface area contributed by atoms with E-state index in [0.717, 1.165) is 55.2 Å². The van der Waals surface area contributed by atoms with Gasteiger partial charge < -0.3 is 10.5 Å². The second kappa shape index (κ2) is 9.57. The van der Waals surface area contributed by atoms with Gasteiger partial charge in [-0.25, -0.2) is 4.68 Å². The molecule has 0 radical (unpaired) electrons. The van der Waals surface area contributed by atoms with E-state index in [1.807, 2.05) is 55.1 Å². The molecule has 1 saturated heterocycles. The van der Waals surface area contributed by atoms with Crippen LogP contribution in [0.15, 0.2) is 48.5 Å². The van der Waals surface area contributed by atoms with Gasteiger partial charge in [0.2, 0.25) is 5.88 Å². The molecule has 32 heavy (non-hydrogen) atoms. The molecule has 0 unspecified atom stereocenters. The minimum Gasteiger partial charge on any atom is -0.481 e. The molecule has 2 heterocycles. The van der Waals surface area contributed by atoms with Crippen molar-refractivity contribution in [2.24, 2.45) is 7.05 Å². The van der Waals surface area contributed by atoms with Gasteiger partial charge in [0.1, 0.15) is 0 Å². The zero-order valence-electron chi connectivity index (χ0n) is 19.2. The number of Topliss-reactive ketones (excluding diaryl/α,β-unsaturated/α-hetero) is 1. The number of benzene rings is 2. The number of ketones is 1. The fourth-order valence-corrected chi connectivity index (χ4v) is 4.68. The number of likely N-dealkylation sites (tertiary alicyclic amines) is 1. The van der Waals surface area contributed by atoms with Crippen molar-refractivity contribution < 1.29 is 9.53 Å². The Hall–Kier alpha value is -3.12. The third-order valence-electron chi connectivity index (χ3n) is 6.56. The van der Waals surface area contributed by atoms with Crippen LogP contribution in [0.5, 0.6) is 5.88 Å². The smallest absolute Gasteiger partial charge is 0.216 e. The first-order chi connectivity index (χ1) is 15.5. The summed E-state index contributed by atoms with van der Waals surface area (Å²) in [6.07, 6.45) is 2.55. The van der Waals surface area contributed by atoms with Gasteiger partial charge in [0.25, 0.3) is 0 Å². The topological polar surface area (TPSA) is 73.4 Å². The lowest BCUT2D eigenvalue weighted by molar-refractivity contribution is 0.0993. The number of para-hydroxylation sites is 1. The van der Waals surface area contributed by atoms with Crippen molar-refractivity contribution in [2.45, 2.75) is 38.6 Å². The molecular formula is C26H32N4O2. The van der Waals surface area contributed by atoms with Crippen molar-refractivity contribution in [2.75, 3.05) is 25.9 Å². The molecule has 0 spiro atoms. The Labute approximate surface area is 190 Å². The minimum absolute atomic E-state index is 0.102. The summed E-state index contributed by atoms with van der Waals surface area (Å²) in [5.41, 5.74) is 11.8. The molecule has 6 nitrogen and oxygen atoms in total. The number of carbonyl (C=O) groups excluding carboxylic acids is 1. The number of nitrogens with two attached hydrogens (primary N) is 1. The largest absolute Gasteiger partial charge is 0.481 e. The van der Waals surface area contributed by atoms with Gasteiger partial charge in [-0.05, 0) is 56.0 Å². The Kier molecular flexibility index (Phi) is 6.61. The number of carbonyl (C=O) groups is 1. The van der Waals surface area contributed by atoms with Crippen LogP contribution in [0.25, 0.3) is 0 Å². The van der Waals surface area contributed by atoms with E-state index in [0.29, 0.717) is 18.0 Å². The zero-order valence-corrected chi connectivity index (χ0v) is 19.2. The maximum atomic E-state index is 12.7. The lowest BCUT2D eigenvalue weighted by Crippen LogP contribution is -2.32. The number of piperidine rings is 1. The van der Waals surface area contributed by atoms with Gasteiger partial charge in [0, 0.05) is 31.3 Å². The predicted molar refractivity (Wildman–Crippen MR) is 127 cm³/mol. The average molecular weight is 433 g/mol. The third kappa shape index (κ3) is 4.70. The van der Waals surface area contributed by atoms with Crippen LogP contribution < -0.4 is 10.5 Å². The van der Waals surface area contributed by atoms with Crippen LogP contribution in [-0.2, 0) is 20.0 Å². The second-order valence-electron chi connectivity index (χ2n) is 8.67. The molecule has 4 rings (SSSR count). The van der Waals surface area contributed by atoms with Gasteiger partial charge in [-0.2, -0.15) is 5.10 Å². The number of nitrogens with zero attached hydrogens (tertiary/aromatic N) is 3. The van der Waals surface area contributed by atoms with Crippen LogP contribution >= 0.6 is 0 Å². The summed E-state index contributed by atoms with van der Waals surface area (Å²) in [4.78, 5) is 15.2. The Morgan fingerprint density at radius 3 is 2.47 bits per heavy atom.